The fraction of sp³-hybridized carbons (Fsp3) is 0.200. The molecule has 0 radical (unpaired) electrons. The highest BCUT2D eigenvalue weighted by molar-refractivity contribution is 7.97. The predicted octanol–water partition coefficient (Wildman–Crippen LogP) is 2.11. The molecule has 0 aliphatic rings. The van der Waals surface area contributed by atoms with Crippen molar-refractivity contribution in [3.05, 3.63) is 65.2 Å². The maximum Gasteiger partial charge on any atom is 0.488 e. The molecule has 0 aliphatic heterocycles. The molecule has 19 heavy (non-hydrogen) atoms. The van der Waals surface area contributed by atoms with Crippen LogP contribution in [0.1, 0.15) is 16.7 Å². The number of rotatable bonds is 5. The summed E-state index contributed by atoms with van der Waals surface area (Å²) in [5.74, 6) is 1.71. The van der Waals surface area contributed by atoms with Crippen LogP contribution in [0.5, 0.6) is 0 Å². The molecule has 0 saturated heterocycles. The van der Waals surface area contributed by atoms with Crippen molar-refractivity contribution in [3.63, 3.8) is 0 Å². The van der Waals surface area contributed by atoms with Crippen LogP contribution >= 0.6 is 11.8 Å². The SMILES string of the molecule is Cc1ccccc1CSCc1ccccc1B(O)O. The summed E-state index contributed by atoms with van der Waals surface area (Å²) in [5, 5.41) is 18.6. The van der Waals surface area contributed by atoms with Gasteiger partial charge >= 0.3 is 7.12 Å². The molecule has 2 rings (SSSR count). The van der Waals surface area contributed by atoms with Gasteiger partial charge in [0, 0.05) is 11.5 Å². The third kappa shape index (κ3) is 3.87. The summed E-state index contributed by atoms with van der Waals surface area (Å²) in [4.78, 5) is 0. The smallest absolute Gasteiger partial charge is 0.423 e. The highest BCUT2D eigenvalue weighted by Gasteiger charge is 2.14. The quantitative estimate of drug-likeness (QED) is 0.819. The molecular weight excluding hydrogens is 255 g/mol. The molecule has 0 atom stereocenters. The minimum atomic E-state index is -1.39. The van der Waals surface area contributed by atoms with E-state index in [0.29, 0.717) is 5.46 Å². The maximum atomic E-state index is 9.31. The van der Waals surface area contributed by atoms with Gasteiger partial charge in [-0.05, 0) is 29.1 Å². The molecule has 0 aromatic heterocycles. The molecule has 0 heterocycles. The van der Waals surface area contributed by atoms with E-state index in [1.54, 1.807) is 17.8 Å². The van der Waals surface area contributed by atoms with Crippen molar-refractivity contribution in [2.75, 3.05) is 0 Å². The Bertz CT molecular complexity index is 543. The van der Waals surface area contributed by atoms with E-state index in [9.17, 15) is 10.0 Å². The van der Waals surface area contributed by atoms with Gasteiger partial charge in [0.1, 0.15) is 0 Å². The lowest BCUT2D eigenvalue weighted by atomic mass is 9.77. The second kappa shape index (κ2) is 6.80. The Kier molecular flexibility index (Phi) is 5.08. The molecule has 0 unspecified atom stereocenters. The van der Waals surface area contributed by atoms with E-state index >= 15 is 0 Å². The van der Waals surface area contributed by atoms with E-state index in [1.807, 2.05) is 30.3 Å². The van der Waals surface area contributed by atoms with Gasteiger partial charge in [0.25, 0.3) is 0 Å². The lowest BCUT2D eigenvalue weighted by molar-refractivity contribution is 0.425. The van der Waals surface area contributed by atoms with E-state index < -0.39 is 7.12 Å². The standard InChI is InChI=1S/C15H17BO2S/c1-12-6-2-3-7-13(12)10-19-11-14-8-4-5-9-15(14)16(17)18/h2-9,17-18H,10-11H2,1H3. The van der Waals surface area contributed by atoms with Gasteiger partial charge in [-0.15, -0.1) is 0 Å². The second-order valence-electron chi connectivity index (χ2n) is 4.49. The Labute approximate surface area is 118 Å². The fourth-order valence-corrected chi connectivity index (χ4v) is 3.09. The van der Waals surface area contributed by atoms with E-state index in [1.165, 1.54) is 11.1 Å². The largest absolute Gasteiger partial charge is 0.488 e. The molecule has 0 amide bonds. The summed E-state index contributed by atoms with van der Waals surface area (Å²) < 4.78 is 0. The Balaban J connectivity index is 1.98. The first-order valence-electron chi connectivity index (χ1n) is 6.24. The summed E-state index contributed by atoms with van der Waals surface area (Å²) in [6.45, 7) is 2.11. The zero-order valence-electron chi connectivity index (χ0n) is 10.9. The van der Waals surface area contributed by atoms with Crippen molar-refractivity contribution in [2.45, 2.75) is 18.4 Å². The monoisotopic (exact) mass is 272 g/mol. The van der Waals surface area contributed by atoms with Crippen molar-refractivity contribution in [3.8, 4) is 0 Å². The molecular formula is C15H17BO2S. The number of benzene rings is 2. The number of hydrogen-bond acceptors (Lipinski definition) is 3. The van der Waals surface area contributed by atoms with Crippen molar-refractivity contribution in [1.82, 2.24) is 0 Å². The van der Waals surface area contributed by atoms with Gasteiger partial charge in [0.15, 0.2) is 0 Å². The Morgan fingerprint density at radius 3 is 2.16 bits per heavy atom. The van der Waals surface area contributed by atoms with Crippen LogP contribution in [0, 0.1) is 6.92 Å². The molecule has 98 valence electrons. The average Bonchev–Trinajstić information content (AvgIpc) is 2.41. The van der Waals surface area contributed by atoms with Crippen LogP contribution in [0.2, 0.25) is 0 Å². The first-order chi connectivity index (χ1) is 9.18. The zero-order valence-corrected chi connectivity index (χ0v) is 11.7. The lowest BCUT2D eigenvalue weighted by Crippen LogP contribution is -2.32. The van der Waals surface area contributed by atoms with Gasteiger partial charge < -0.3 is 10.0 Å². The minimum absolute atomic E-state index is 0.597. The van der Waals surface area contributed by atoms with E-state index in [0.717, 1.165) is 17.1 Å². The normalized spacial score (nSPS) is 10.5. The zero-order chi connectivity index (χ0) is 13.7. The van der Waals surface area contributed by atoms with Crippen molar-refractivity contribution >= 4 is 24.3 Å². The molecule has 0 bridgehead atoms. The van der Waals surface area contributed by atoms with Gasteiger partial charge in [-0.25, -0.2) is 0 Å². The summed E-state index contributed by atoms with van der Waals surface area (Å²) >= 11 is 1.78. The van der Waals surface area contributed by atoms with Crippen molar-refractivity contribution in [2.24, 2.45) is 0 Å². The van der Waals surface area contributed by atoms with E-state index in [-0.39, 0.29) is 0 Å². The number of hydrogen-bond donors (Lipinski definition) is 2. The van der Waals surface area contributed by atoms with Crippen LogP contribution in [0.4, 0.5) is 0 Å². The van der Waals surface area contributed by atoms with Gasteiger partial charge in [-0.2, -0.15) is 11.8 Å². The number of aryl methyl sites for hydroxylation is 1. The highest BCUT2D eigenvalue weighted by Crippen LogP contribution is 2.19. The molecule has 4 heteroatoms. The molecule has 0 spiro atoms. The Morgan fingerprint density at radius 2 is 1.47 bits per heavy atom. The van der Waals surface area contributed by atoms with E-state index in [2.05, 4.69) is 19.1 Å². The lowest BCUT2D eigenvalue weighted by Gasteiger charge is -2.09. The van der Waals surface area contributed by atoms with Crippen LogP contribution < -0.4 is 5.46 Å². The first-order valence-corrected chi connectivity index (χ1v) is 7.40. The van der Waals surface area contributed by atoms with Gasteiger partial charge in [-0.1, -0.05) is 48.5 Å². The Morgan fingerprint density at radius 1 is 0.895 bits per heavy atom. The van der Waals surface area contributed by atoms with Crippen LogP contribution in [-0.4, -0.2) is 17.2 Å². The van der Waals surface area contributed by atoms with Crippen LogP contribution in [-0.2, 0) is 11.5 Å². The molecule has 0 fully saturated rings. The molecule has 2 nitrogen and oxygen atoms in total. The molecule has 0 aliphatic carbocycles. The molecule has 0 saturated carbocycles. The summed E-state index contributed by atoms with van der Waals surface area (Å²) in [5.41, 5.74) is 4.20. The summed E-state index contributed by atoms with van der Waals surface area (Å²) in [6.07, 6.45) is 0. The Hall–Kier alpha value is -1.23. The fourth-order valence-electron chi connectivity index (χ4n) is 1.96. The second-order valence-corrected chi connectivity index (χ2v) is 5.48. The van der Waals surface area contributed by atoms with Crippen molar-refractivity contribution < 1.29 is 10.0 Å². The van der Waals surface area contributed by atoms with Crippen LogP contribution in [0.3, 0.4) is 0 Å². The van der Waals surface area contributed by atoms with Gasteiger partial charge in [0.2, 0.25) is 0 Å². The minimum Gasteiger partial charge on any atom is -0.423 e. The van der Waals surface area contributed by atoms with E-state index in [4.69, 9.17) is 0 Å². The highest BCUT2D eigenvalue weighted by atomic mass is 32.2. The van der Waals surface area contributed by atoms with Gasteiger partial charge in [-0.3, -0.25) is 0 Å². The number of thioether (sulfide) groups is 1. The summed E-state index contributed by atoms with van der Waals surface area (Å²) in [7, 11) is -1.39. The third-order valence-electron chi connectivity index (χ3n) is 3.11. The average molecular weight is 272 g/mol. The van der Waals surface area contributed by atoms with Crippen molar-refractivity contribution in [1.29, 1.82) is 0 Å². The topological polar surface area (TPSA) is 40.5 Å². The molecule has 2 aromatic rings. The molecule has 2 aromatic carbocycles. The molecule has 2 N–H and O–H groups in total. The summed E-state index contributed by atoms with van der Waals surface area (Å²) in [6, 6.07) is 15.8. The predicted molar refractivity (Wildman–Crippen MR) is 82.4 cm³/mol. The van der Waals surface area contributed by atoms with Gasteiger partial charge in [0.05, 0.1) is 0 Å². The maximum absolute atomic E-state index is 9.31. The first kappa shape index (κ1) is 14.2. The van der Waals surface area contributed by atoms with Crippen LogP contribution in [0.25, 0.3) is 0 Å². The van der Waals surface area contributed by atoms with Crippen LogP contribution in [0.15, 0.2) is 48.5 Å². The third-order valence-corrected chi connectivity index (χ3v) is 4.14.